The number of anilines is 1. The Kier molecular flexibility index (Phi) is 4.45. The van der Waals surface area contributed by atoms with E-state index in [2.05, 4.69) is 10.3 Å². The van der Waals surface area contributed by atoms with Crippen LogP contribution in [0.3, 0.4) is 0 Å². The van der Waals surface area contributed by atoms with Gasteiger partial charge in [0.05, 0.1) is 5.75 Å². The van der Waals surface area contributed by atoms with E-state index in [9.17, 15) is 13.2 Å². The summed E-state index contributed by atoms with van der Waals surface area (Å²) < 4.78 is 22.5. The van der Waals surface area contributed by atoms with Crippen LogP contribution in [-0.4, -0.2) is 42.5 Å². The Bertz CT molecular complexity index is 499. The molecule has 0 aliphatic heterocycles. The van der Waals surface area contributed by atoms with E-state index in [1.807, 2.05) is 0 Å². The lowest BCUT2D eigenvalue weighted by atomic mass is 10.2. The highest BCUT2D eigenvalue weighted by atomic mass is 32.2. The first kappa shape index (κ1) is 13.4. The Hall–Kier alpha value is -1.63. The molecule has 1 aromatic rings. The molecule has 1 aromatic heterocycles. The van der Waals surface area contributed by atoms with Crippen LogP contribution >= 0.6 is 0 Å². The van der Waals surface area contributed by atoms with Gasteiger partial charge in [-0.2, -0.15) is 0 Å². The second-order valence-corrected chi connectivity index (χ2v) is 5.84. The molecule has 0 aliphatic rings. The lowest BCUT2D eigenvalue weighted by Gasteiger charge is -2.07. The van der Waals surface area contributed by atoms with Crippen molar-refractivity contribution in [3.8, 4) is 0 Å². The first-order valence-electron chi connectivity index (χ1n) is 5.09. The number of aromatic carboxylic acids is 1. The minimum atomic E-state index is -3.06. The van der Waals surface area contributed by atoms with Crippen molar-refractivity contribution >= 4 is 21.6 Å². The molecule has 0 saturated carbocycles. The standard InChI is InChI=1S/C10H14N2O4S/c1-2-17(15,16)7-6-12-9-8(10(13)14)4-3-5-11-9/h3-5H,2,6-7H2,1H3,(H,11,12)(H,13,14). The van der Waals surface area contributed by atoms with Gasteiger partial charge in [-0.05, 0) is 12.1 Å². The highest BCUT2D eigenvalue weighted by Crippen LogP contribution is 2.10. The van der Waals surface area contributed by atoms with E-state index in [4.69, 9.17) is 5.11 Å². The summed E-state index contributed by atoms with van der Waals surface area (Å²) in [5.74, 6) is -0.882. The van der Waals surface area contributed by atoms with Gasteiger partial charge in [0.1, 0.15) is 11.4 Å². The molecule has 0 unspecified atom stereocenters. The molecule has 17 heavy (non-hydrogen) atoms. The summed E-state index contributed by atoms with van der Waals surface area (Å²) in [6.45, 7) is 1.71. The summed E-state index contributed by atoms with van der Waals surface area (Å²) in [6.07, 6.45) is 1.45. The number of nitrogens with zero attached hydrogens (tertiary/aromatic N) is 1. The van der Waals surface area contributed by atoms with Crippen LogP contribution in [0.2, 0.25) is 0 Å². The Morgan fingerprint density at radius 2 is 2.24 bits per heavy atom. The van der Waals surface area contributed by atoms with Gasteiger partial charge in [-0.25, -0.2) is 18.2 Å². The molecule has 0 amide bonds. The van der Waals surface area contributed by atoms with E-state index in [-0.39, 0.29) is 29.4 Å². The first-order valence-corrected chi connectivity index (χ1v) is 6.91. The zero-order valence-electron chi connectivity index (χ0n) is 9.38. The van der Waals surface area contributed by atoms with Crippen LogP contribution in [0, 0.1) is 0 Å². The second kappa shape index (κ2) is 5.62. The van der Waals surface area contributed by atoms with Gasteiger partial charge >= 0.3 is 5.97 Å². The van der Waals surface area contributed by atoms with E-state index >= 15 is 0 Å². The van der Waals surface area contributed by atoms with Crippen LogP contribution in [0.4, 0.5) is 5.82 Å². The predicted octanol–water partition coefficient (Wildman–Crippen LogP) is 0.626. The van der Waals surface area contributed by atoms with Gasteiger partial charge in [-0.3, -0.25) is 0 Å². The van der Waals surface area contributed by atoms with Crippen LogP contribution in [-0.2, 0) is 9.84 Å². The van der Waals surface area contributed by atoms with Crippen molar-refractivity contribution in [3.05, 3.63) is 23.9 Å². The first-order chi connectivity index (χ1) is 7.96. The third-order valence-electron chi connectivity index (χ3n) is 2.18. The minimum absolute atomic E-state index is 0.0291. The number of hydrogen-bond acceptors (Lipinski definition) is 5. The van der Waals surface area contributed by atoms with Crippen molar-refractivity contribution in [2.24, 2.45) is 0 Å². The van der Waals surface area contributed by atoms with Gasteiger partial charge in [0.2, 0.25) is 0 Å². The number of sulfone groups is 1. The smallest absolute Gasteiger partial charge is 0.339 e. The van der Waals surface area contributed by atoms with Crippen molar-refractivity contribution in [2.45, 2.75) is 6.92 Å². The largest absolute Gasteiger partial charge is 0.478 e. The van der Waals surface area contributed by atoms with Gasteiger partial charge in [-0.1, -0.05) is 6.92 Å². The number of aromatic nitrogens is 1. The average Bonchev–Trinajstić information content (AvgIpc) is 2.29. The molecule has 0 radical (unpaired) electrons. The van der Waals surface area contributed by atoms with Crippen LogP contribution in [0.15, 0.2) is 18.3 Å². The molecule has 0 aromatic carbocycles. The fourth-order valence-electron chi connectivity index (χ4n) is 1.19. The molecule has 94 valence electrons. The molecule has 0 bridgehead atoms. The molecular formula is C10H14N2O4S. The van der Waals surface area contributed by atoms with Gasteiger partial charge < -0.3 is 10.4 Å². The topological polar surface area (TPSA) is 96.4 Å². The van der Waals surface area contributed by atoms with Crippen LogP contribution < -0.4 is 5.32 Å². The second-order valence-electron chi connectivity index (χ2n) is 3.37. The van der Waals surface area contributed by atoms with Crippen LogP contribution in [0.5, 0.6) is 0 Å². The highest BCUT2D eigenvalue weighted by molar-refractivity contribution is 7.91. The van der Waals surface area contributed by atoms with Gasteiger partial charge in [0.25, 0.3) is 0 Å². The maximum absolute atomic E-state index is 11.2. The molecule has 2 N–H and O–H groups in total. The number of rotatable bonds is 6. The van der Waals surface area contributed by atoms with E-state index in [0.29, 0.717) is 0 Å². The van der Waals surface area contributed by atoms with E-state index in [0.717, 1.165) is 0 Å². The molecular weight excluding hydrogens is 244 g/mol. The fourth-order valence-corrected chi connectivity index (χ4v) is 1.89. The predicted molar refractivity (Wildman–Crippen MR) is 64.0 cm³/mol. The number of hydrogen-bond donors (Lipinski definition) is 2. The fraction of sp³-hybridized carbons (Fsp3) is 0.400. The summed E-state index contributed by atoms with van der Waals surface area (Å²) in [5, 5.41) is 11.6. The molecule has 0 saturated heterocycles. The highest BCUT2D eigenvalue weighted by Gasteiger charge is 2.11. The van der Waals surface area contributed by atoms with Crippen LogP contribution in [0.1, 0.15) is 17.3 Å². The minimum Gasteiger partial charge on any atom is -0.478 e. The molecule has 6 nitrogen and oxygen atoms in total. The summed E-state index contributed by atoms with van der Waals surface area (Å²) >= 11 is 0. The summed E-state index contributed by atoms with van der Waals surface area (Å²) in [4.78, 5) is 14.7. The van der Waals surface area contributed by atoms with E-state index < -0.39 is 15.8 Å². The van der Waals surface area contributed by atoms with Crippen molar-refractivity contribution in [1.82, 2.24) is 4.98 Å². The quantitative estimate of drug-likeness (QED) is 0.776. The van der Waals surface area contributed by atoms with Gasteiger partial charge in [-0.15, -0.1) is 0 Å². The number of pyridine rings is 1. The third kappa shape index (κ3) is 4.03. The zero-order valence-corrected chi connectivity index (χ0v) is 10.2. The maximum atomic E-state index is 11.2. The molecule has 0 spiro atoms. The Balaban J connectivity index is 2.67. The number of carboxylic acid groups (broad SMARTS) is 1. The molecule has 1 rings (SSSR count). The molecule has 0 atom stereocenters. The van der Waals surface area contributed by atoms with E-state index in [1.54, 1.807) is 6.92 Å². The third-order valence-corrected chi connectivity index (χ3v) is 3.89. The monoisotopic (exact) mass is 258 g/mol. The number of carboxylic acids is 1. The lowest BCUT2D eigenvalue weighted by Crippen LogP contribution is -2.18. The van der Waals surface area contributed by atoms with Crippen molar-refractivity contribution in [2.75, 3.05) is 23.4 Å². The molecule has 0 aliphatic carbocycles. The number of nitrogens with one attached hydrogen (secondary N) is 1. The molecule has 7 heteroatoms. The van der Waals surface area contributed by atoms with Crippen molar-refractivity contribution in [1.29, 1.82) is 0 Å². The van der Waals surface area contributed by atoms with Crippen LogP contribution in [0.25, 0.3) is 0 Å². The molecule has 1 heterocycles. The SMILES string of the molecule is CCS(=O)(=O)CCNc1ncccc1C(=O)O. The summed E-state index contributed by atoms with van der Waals surface area (Å²) in [6, 6.07) is 2.92. The normalized spacial score (nSPS) is 11.1. The Morgan fingerprint density at radius 1 is 1.53 bits per heavy atom. The maximum Gasteiger partial charge on any atom is 0.339 e. The number of carbonyl (C=O) groups is 1. The Morgan fingerprint density at radius 3 is 2.82 bits per heavy atom. The van der Waals surface area contributed by atoms with E-state index in [1.165, 1.54) is 18.3 Å². The average molecular weight is 258 g/mol. The van der Waals surface area contributed by atoms with Crippen molar-refractivity contribution in [3.63, 3.8) is 0 Å². The lowest BCUT2D eigenvalue weighted by molar-refractivity contribution is 0.0697. The summed E-state index contributed by atoms with van der Waals surface area (Å²) in [5.41, 5.74) is 0.0291. The van der Waals surface area contributed by atoms with Crippen molar-refractivity contribution < 1.29 is 18.3 Å². The molecule has 0 fully saturated rings. The zero-order chi connectivity index (χ0) is 12.9. The summed E-state index contributed by atoms with van der Waals surface area (Å²) in [7, 11) is -3.06. The van der Waals surface area contributed by atoms with Gasteiger partial charge in [0, 0.05) is 18.5 Å². The Labute approximate surface area is 99.6 Å². The van der Waals surface area contributed by atoms with Gasteiger partial charge in [0.15, 0.2) is 9.84 Å².